The molecule has 0 radical (unpaired) electrons. The van der Waals surface area contributed by atoms with Gasteiger partial charge in [0.15, 0.2) is 5.11 Å². The second kappa shape index (κ2) is 10.6. The monoisotopic (exact) mass is 407 g/mol. The summed E-state index contributed by atoms with van der Waals surface area (Å²) in [5.74, 6) is -0.833. The van der Waals surface area contributed by atoms with E-state index in [0.29, 0.717) is 31.0 Å². The summed E-state index contributed by atoms with van der Waals surface area (Å²) in [4.78, 5) is 38.4. The molecule has 0 aliphatic carbocycles. The first-order valence-corrected chi connectivity index (χ1v) is 9.57. The molecular weight excluding hydrogens is 382 g/mol. The molecule has 1 fully saturated rings. The molecule has 0 aromatic heterocycles. The maximum absolute atomic E-state index is 12.6. The van der Waals surface area contributed by atoms with Crippen LogP contribution in [0.4, 0.5) is 0 Å². The first-order valence-electron chi connectivity index (χ1n) is 9.16. The maximum atomic E-state index is 12.6. The second-order valence-electron chi connectivity index (χ2n) is 6.24. The fraction of sp³-hybridized carbons (Fsp3) is 0.474. The van der Waals surface area contributed by atoms with Crippen LogP contribution >= 0.6 is 12.2 Å². The van der Waals surface area contributed by atoms with Crippen LogP contribution in [0.2, 0.25) is 0 Å². The number of carbonyl (C=O) groups is 3. The Morgan fingerprint density at radius 1 is 1.36 bits per heavy atom. The van der Waals surface area contributed by atoms with E-state index in [4.69, 9.17) is 21.7 Å². The number of hydrogen-bond donors (Lipinski definition) is 2. The number of rotatable bonds is 7. The Bertz CT molecular complexity index is 740. The number of carbonyl (C=O) groups excluding carboxylic acids is 3. The molecule has 1 aromatic rings. The zero-order valence-corrected chi connectivity index (χ0v) is 16.8. The van der Waals surface area contributed by atoms with Gasteiger partial charge >= 0.3 is 5.97 Å². The molecule has 1 saturated heterocycles. The van der Waals surface area contributed by atoms with Gasteiger partial charge in [0, 0.05) is 13.1 Å². The van der Waals surface area contributed by atoms with E-state index in [-0.39, 0.29) is 17.4 Å². The van der Waals surface area contributed by atoms with Crippen molar-refractivity contribution in [1.29, 1.82) is 0 Å². The molecule has 1 heterocycles. The lowest BCUT2D eigenvalue weighted by Gasteiger charge is -2.36. The minimum absolute atomic E-state index is 0.0807. The minimum atomic E-state index is -0.826. The minimum Gasteiger partial charge on any atom is -0.496 e. The molecule has 1 aromatic carbocycles. The second-order valence-corrected chi connectivity index (χ2v) is 6.62. The van der Waals surface area contributed by atoms with E-state index in [2.05, 4.69) is 10.6 Å². The van der Waals surface area contributed by atoms with Crippen molar-refractivity contribution >= 4 is 35.1 Å². The number of thiocarbonyl (C=S) groups is 1. The van der Waals surface area contributed by atoms with Gasteiger partial charge in [0.05, 0.1) is 25.7 Å². The average Bonchev–Trinajstić information content (AvgIpc) is 2.69. The van der Waals surface area contributed by atoms with E-state index in [1.165, 1.54) is 7.11 Å². The number of hydrogen-bond acceptors (Lipinski definition) is 6. The van der Waals surface area contributed by atoms with E-state index < -0.39 is 17.9 Å². The lowest BCUT2D eigenvalue weighted by molar-refractivity contribution is -0.147. The number of benzene rings is 1. The largest absolute Gasteiger partial charge is 0.496 e. The number of piperazine rings is 1. The summed E-state index contributed by atoms with van der Waals surface area (Å²) in [6, 6.07) is 5.92. The Hall–Kier alpha value is -2.68. The molecule has 28 heavy (non-hydrogen) atoms. The number of ether oxygens (including phenoxy) is 2. The summed E-state index contributed by atoms with van der Waals surface area (Å²) in [6.07, 6.45) is 1.53. The van der Waals surface area contributed by atoms with Crippen LogP contribution in [0.15, 0.2) is 24.3 Å². The first kappa shape index (κ1) is 21.6. The van der Waals surface area contributed by atoms with Gasteiger partial charge in [-0.2, -0.15) is 0 Å². The van der Waals surface area contributed by atoms with Crippen molar-refractivity contribution in [3.63, 3.8) is 0 Å². The molecule has 152 valence electrons. The summed E-state index contributed by atoms with van der Waals surface area (Å²) < 4.78 is 10.3. The first-order chi connectivity index (χ1) is 13.5. The summed E-state index contributed by atoms with van der Waals surface area (Å²) in [5.41, 5.74) is 0.323. The smallest absolute Gasteiger partial charge is 0.308 e. The lowest BCUT2D eigenvalue weighted by atomic mass is 10.1. The third kappa shape index (κ3) is 5.66. The molecule has 1 atom stereocenters. The van der Waals surface area contributed by atoms with E-state index in [1.807, 2.05) is 6.92 Å². The molecule has 1 unspecified atom stereocenters. The number of unbranched alkanes of at least 4 members (excludes halogenated alkanes) is 1. The Morgan fingerprint density at radius 2 is 2.11 bits per heavy atom. The SMILES string of the molecule is CCCCOC(=O)CC1C(=O)NCCN1C(=S)NC(=O)c1ccccc1OC. The highest BCUT2D eigenvalue weighted by molar-refractivity contribution is 7.80. The van der Waals surface area contributed by atoms with E-state index in [0.717, 1.165) is 12.8 Å². The highest BCUT2D eigenvalue weighted by atomic mass is 32.1. The number of methoxy groups -OCH3 is 1. The van der Waals surface area contributed by atoms with Gasteiger partial charge in [-0.05, 0) is 30.8 Å². The molecule has 1 aliphatic rings. The van der Waals surface area contributed by atoms with Crippen molar-refractivity contribution in [3.8, 4) is 5.75 Å². The van der Waals surface area contributed by atoms with Crippen molar-refractivity contribution in [1.82, 2.24) is 15.5 Å². The van der Waals surface area contributed by atoms with Gasteiger partial charge in [-0.1, -0.05) is 25.5 Å². The summed E-state index contributed by atoms with van der Waals surface area (Å²) in [5, 5.41) is 5.42. The predicted molar refractivity (Wildman–Crippen MR) is 107 cm³/mol. The molecular formula is C19H25N3O5S. The summed E-state index contributed by atoms with van der Waals surface area (Å²) >= 11 is 5.34. The van der Waals surface area contributed by atoms with Gasteiger partial charge in [0.2, 0.25) is 5.91 Å². The van der Waals surface area contributed by atoms with Crippen LogP contribution < -0.4 is 15.4 Å². The van der Waals surface area contributed by atoms with Gasteiger partial charge in [0.25, 0.3) is 5.91 Å². The van der Waals surface area contributed by atoms with E-state index in [1.54, 1.807) is 29.2 Å². The molecule has 0 saturated carbocycles. The number of para-hydroxylation sites is 1. The molecule has 2 amide bonds. The predicted octanol–water partition coefficient (Wildman–Crippen LogP) is 1.24. The number of nitrogens with zero attached hydrogens (tertiary/aromatic N) is 1. The quantitative estimate of drug-likeness (QED) is 0.399. The van der Waals surface area contributed by atoms with Crippen LogP contribution in [-0.4, -0.2) is 60.6 Å². The number of nitrogens with one attached hydrogen (secondary N) is 2. The number of amides is 2. The Kier molecular flexibility index (Phi) is 8.19. The van der Waals surface area contributed by atoms with E-state index >= 15 is 0 Å². The zero-order chi connectivity index (χ0) is 20.5. The third-order valence-corrected chi connectivity index (χ3v) is 4.62. The van der Waals surface area contributed by atoms with Crippen LogP contribution in [-0.2, 0) is 14.3 Å². The molecule has 8 nitrogen and oxygen atoms in total. The Morgan fingerprint density at radius 3 is 2.82 bits per heavy atom. The van der Waals surface area contributed by atoms with E-state index in [9.17, 15) is 14.4 Å². The summed E-state index contributed by atoms with van der Waals surface area (Å²) in [7, 11) is 1.47. The van der Waals surface area contributed by atoms with Gasteiger partial charge in [-0.15, -0.1) is 0 Å². The van der Waals surface area contributed by atoms with Crippen molar-refractivity contribution in [3.05, 3.63) is 29.8 Å². The average molecular weight is 407 g/mol. The van der Waals surface area contributed by atoms with Gasteiger partial charge < -0.3 is 19.7 Å². The molecule has 0 bridgehead atoms. The van der Waals surface area contributed by atoms with Gasteiger partial charge in [-0.3, -0.25) is 19.7 Å². The van der Waals surface area contributed by atoms with Crippen LogP contribution in [0.3, 0.4) is 0 Å². The zero-order valence-electron chi connectivity index (χ0n) is 16.0. The Labute approximate surface area is 169 Å². The Balaban J connectivity index is 2.05. The topological polar surface area (TPSA) is 97.0 Å². The third-order valence-electron chi connectivity index (χ3n) is 4.28. The summed E-state index contributed by atoms with van der Waals surface area (Å²) in [6.45, 7) is 3.06. The lowest BCUT2D eigenvalue weighted by Crippen LogP contribution is -2.60. The van der Waals surface area contributed by atoms with Crippen LogP contribution in [0, 0.1) is 0 Å². The molecule has 0 spiro atoms. The van der Waals surface area contributed by atoms with Crippen molar-refractivity contribution < 1.29 is 23.9 Å². The maximum Gasteiger partial charge on any atom is 0.308 e. The van der Waals surface area contributed by atoms with Gasteiger partial charge in [-0.25, -0.2) is 0 Å². The molecule has 9 heteroatoms. The van der Waals surface area contributed by atoms with Crippen molar-refractivity contribution in [2.24, 2.45) is 0 Å². The fourth-order valence-corrected chi connectivity index (χ4v) is 3.09. The normalized spacial score (nSPS) is 16.1. The molecule has 2 rings (SSSR count). The molecule has 2 N–H and O–H groups in total. The fourth-order valence-electron chi connectivity index (χ4n) is 2.78. The van der Waals surface area contributed by atoms with Gasteiger partial charge in [0.1, 0.15) is 11.8 Å². The molecule has 1 aliphatic heterocycles. The highest BCUT2D eigenvalue weighted by Crippen LogP contribution is 2.17. The standard InChI is InChI=1S/C19H25N3O5S/c1-3-4-11-27-16(23)12-14-18(25)20-9-10-22(14)19(28)21-17(24)13-7-5-6-8-15(13)26-2/h5-8,14H,3-4,9-12H2,1-2H3,(H,20,25)(H,21,24,28). The van der Waals surface area contributed by atoms with Crippen molar-refractivity contribution in [2.45, 2.75) is 32.2 Å². The van der Waals surface area contributed by atoms with Crippen LogP contribution in [0.1, 0.15) is 36.5 Å². The van der Waals surface area contributed by atoms with Crippen molar-refractivity contribution in [2.75, 3.05) is 26.8 Å². The van der Waals surface area contributed by atoms with Crippen LogP contribution in [0.5, 0.6) is 5.75 Å². The number of esters is 1. The highest BCUT2D eigenvalue weighted by Gasteiger charge is 2.34. The van der Waals surface area contributed by atoms with Crippen LogP contribution in [0.25, 0.3) is 0 Å².